The van der Waals surface area contributed by atoms with Crippen molar-refractivity contribution in [1.29, 1.82) is 0 Å². The molecule has 0 N–H and O–H groups in total. The quantitative estimate of drug-likeness (QED) is 0.0649. The fraction of sp³-hybridized carbons (Fsp3) is 0.644. The van der Waals surface area contributed by atoms with Crippen LogP contribution in [0.2, 0.25) is 41.3 Å². The van der Waals surface area contributed by atoms with Crippen LogP contribution in [0.1, 0.15) is 94.4 Å². The molecule has 1 saturated heterocycles. The third-order valence-electron chi connectivity index (χ3n) is 11.7. The molecule has 54 heavy (non-hydrogen) atoms. The van der Waals surface area contributed by atoms with Gasteiger partial charge in [0.1, 0.15) is 12.7 Å². The maximum atomic E-state index is 7.23. The zero-order valence-electron chi connectivity index (χ0n) is 36.2. The van der Waals surface area contributed by atoms with E-state index in [1.54, 1.807) is 0 Å². The van der Waals surface area contributed by atoms with Crippen LogP contribution >= 0.6 is 0 Å². The van der Waals surface area contributed by atoms with Crippen molar-refractivity contribution in [3.63, 3.8) is 0 Å². The van der Waals surface area contributed by atoms with Crippen molar-refractivity contribution in [2.45, 2.75) is 160 Å². The van der Waals surface area contributed by atoms with Crippen LogP contribution in [0.3, 0.4) is 0 Å². The average molecular weight is 795 g/mol. The van der Waals surface area contributed by atoms with E-state index in [0.29, 0.717) is 26.2 Å². The summed E-state index contributed by atoms with van der Waals surface area (Å²) in [6.45, 7) is 36.1. The molecular weight excluding hydrogens is 721 g/mol. The number of rotatable bonds is 18. The zero-order chi connectivity index (χ0) is 40.3. The molecular formula is C45H74O6Si3. The Morgan fingerprint density at radius 1 is 0.759 bits per heavy atom. The van der Waals surface area contributed by atoms with E-state index in [2.05, 4.69) is 168 Å². The highest BCUT2D eigenvalue weighted by Gasteiger charge is 2.50. The molecule has 0 aliphatic carbocycles. The molecule has 0 bridgehead atoms. The van der Waals surface area contributed by atoms with Gasteiger partial charge in [-0.3, -0.25) is 0 Å². The maximum absolute atomic E-state index is 7.23. The number of benzene rings is 2. The zero-order valence-corrected chi connectivity index (χ0v) is 39.2. The Hall–Kier alpha value is -1.85. The Morgan fingerprint density at radius 2 is 1.31 bits per heavy atom. The molecule has 0 spiro atoms. The summed E-state index contributed by atoms with van der Waals surface area (Å²) in [5.74, 6) is 6.68. The van der Waals surface area contributed by atoms with E-state index in [0.717, 1.165) is 32.3 Å². The fourth-order valence-corrected chi connectivity index (χ4v) is 13.6. The van der Waals surface area contributed by atoms with E-state index in [-0.39, 0.29) is 33.6 Å². The van der Waals surface area contributed by atoms with Crippen molar-refractivity contribution in [1.82, 2.24) is 0 Å². The van der Waals surface area contributed by atoms with E-state index < -0.39 is 31.1 Å². The Balaban J connectivity index is 1.92. The molecule has 0 amide bonds. The van der Waals surface area contributed by atoms with Crippen LogP contribution in [0.5, 0.6) is 0 Å². The molecule has 3 rings (SSSR count). The second-order valence-electron chi connectivity index (χ2n) is 18.9. The first-order valence-corrected chi connectivity index (χ1v) is 27.9. The van der Waals surface area contributed by atoms with E-state index in [4.69, 9.17) is 27.5 Å². The van der Waals surface area contributed by atoms with Crippen LogP contribution in [0, 0.1) is 11.8 Å². The third-order valence-corrected chi connectivity index (χ3v) is 25.7. The van der Waals surface area contributed by atoms with Crippen LogP contribution in [0.25, 0.3) is 0 Å². The molecule has 1 aliphatic heterocycles. The largest absolute Gasteiger partial charge is 0.410 e. The third kappa shape index (κ3) is 12.6. The van der Waals surface area contributed by atoms with Crippen LogP contribution in [-0.4, -0.2) is 76.0 Å². The summed E-state index contributed by atoms with van der Waals surface area (Å²) in [6, 6.07) is 21.6. The molecule has 4 atom stereocenters. The molecule has 0 saturated carbocycles. The summed E-state index contributed by atoms with van der Waals surface area (Å²) >= 11 is 0. The summed E-state index contributed by atoms with van der Waals surface area (Å²) in [6.07, 6.45) is 5.00. The fourth-order valence-electron chi connectivity index (χ4n) is 6.43. The molecule has 1 aliphatic rings. The second kappa shape index (κ2) is 20.0. The van der Waals surface area contributed by atoms with E-state index in [9.17, 15) is 0 Å². The van der Waals surface area contributed by atoms with Crippen LogP contribution in [0.15, 0.2) is 73.3 Å². The maximum Gasteiger partial charge on any atom is 0.261 e. The van der Waals surface area contributed by atoms with Gasteiger partial charge in [-0.2, -0.15) is 0 Å². The molecule has 0 aromatic heterocycles. The topological polar surface area (TPSA) is 55.4 Å². The lowest BCUT2D eigenvalue weighted by Gasteiger charge is -2.45. The molecule has 6 nitrogen and oxygen atoms in total. The molecule has 302 valence electrons. The molecule has 0 radical (unpaired) electrons. The van der Waals surface area contributed by atoms with Crippen molar-refractivity contribution in [3.8, 4) is 11.8 Å². The average Bonchev–Trinajstić information content (AvgIpc) is 3.09. The molecule has 1 heterocycles. The minimum absolute atomic E-state index is 0.00173. The summed E-state index contributed by atoms with van der Waals surface area (Å²) < 4.78 is 40.2. The predicted molar refractivity (Wildman–Crippen MR) is 234 cm³/mol. The van der Waals surface area contributed by atoms with Gasteiger partial charge in [0.25, 0.3) is 8.32 Å². The smallest absolute Gasteiger partial charge is 0.261 e. The van der Waals surface area contributed by atoms with Crippen molar-refractivity contribution < 1.29 is 27.5 Å². The van der Waals surface area contributed by atoms with Gasteiger partial charge in [0.15, 0.2) is 22.9 Å². The predicted octanol–water partition coefficient (Wildman–Crippen LogP) is 10.2. The Bertz CT molecular complexity index is 1420. The summed E-state index contributed by atoms with van der Waals surface area (Å²) in [7, 11) is -7.14. The Labute approximate surface area is 333 Å². The molecule has 2 aromatic rings. The van der Waals surface area contributed by atoms with Gasteiger partial charge >= 0.3 is 0 Å². The van der Waals surface area contributed by atoms with Crippen molar-refractivity contribution in [2.24, 2.45) is 0 Å². The van der Waals surface area contributed by atoms with Gasteiger partial charge in [-0.15, -0.1) is 6.58 Å². The highest BCUT2D eigenvalue weighted by molar-refractivity contribution is 6.99. The van der Waals surface area contributed by atoms with Gasteiger partial charge in [0.2, 0.25) is 0 Å². The van der Waals surface area contributed by atoms with Crippen molar-refractivity contribution in [2.75, 3.05) is 26.4 Å². The number of hydrogen-bond donors (Lipinski definition) is 0. The molecule has 1 unspecified atom stereocenters. The highest BCUT2D eigenvalue weighted by atomic mass is 28.4. The normalized spacial score (nSPS) is 18.0. The Morgan fingerprint density at radius 3 is 1.80 bits per heavy atom. The van der Waals surface area contributed by atoms with Gasteiger partial charge in [-0.1, -0.05) is 141 Å². The van der Waals surface area contributed by atoms with E-state index in [1.807, 2.05) is 6.08 Å². The van der Waals surface area contributed by atoms with Crippen molar-refractivity contribution >= 4 is 35.3 Å². The highest BCUT2D eigenvalue weighted by Crippen LogP contribution is 2.41. The van der Waals surface area contributed by atoms with Gasteiger partial charge in [-0.25, -0.2) is 0 Å². The van der Waals surface area contributed by atoms with Crippen LogP contribution < -0.4 is 10.4 Å². The SMILES string of the molecule is C=C[C@@H](O[Si](C)(C)C(C)(C)C)[C@H](OCCCO[Si](c1ccccc1)(c1ccccc1)C(C)(C)C)[C@@H](CC#CCOC1CCCCO1)O[Si](C)(C)C(C)(C)C. The van der Waals surface area contributed by atoms with E-state index in [1.165, 1.54) is 10.4 Å². The number of ether oxygens (including phenoxy) is 3. The first-order chi connectivity index (χ1) is 25.2. The lowest BCUT2D eigenvalue weighted by Crippen LogP contribution is -2.66. The van der Waals surface area contributed by atoms with Crippen LogP contribution in [-0.2, 0) is 27.5 Å². The van der Waals surface area contributed by atoms with Gasteiger partial charge in [0, 0.05) is 26.2 Å². The minimum atomic E-state index is -2.67. The lowest BCUT2D eigenvalue weighted by molar-refractivity contribution is -0.154. The summed E-state index contributed by atoms with van der Waals surface area (Å²) in [5, 5.41) is 2.46. The summed E-state index contributed by atoms with van der Waals surface area (Å²) in [5.41, 5.74) is 0. The summed E-state index contributed by atoms with van der Waals surface area (Å²) in [4.78, 5) is 0. The molecule has 1 fully saturated rings. The van der Waals surface area contributed by atoms with Crippen LogP contribution in [0.4, 0.5) is 0 Å². The van der Waals surface area contributed by atoms with E-state index >= 15 is 0 Å². The standard InChI is InChI=1S/C45H74O6Si3/c1-15-39(50-52(11,12)43(2,3)4)42(40(51-53(13,14)44(5,6)7)31-22-24-33-46-41-32-23-25-34-47-41)48-35-26-36-49-54(45(8,9)10,37-27-18-16-19-28-37)38-29-20-17-21-30-38/h15-21,27-30,39-42H,1,23,25-26,31-36H2,2-14H3/t39-,40-,41?,42+/m1/s1. The monoisotopic (exact) mass is 794 g/mol. The first-order valence-electron chi connectivity index (χ1n) is 20.2. The van der Waals surface area contributed by atoms with Gasteiger partial charge in [-0.05, 0) is 77.4 Å². The lowest BCUT2D eigenvalue weighted by atomic mass is 10.1. The first kappa shape index (κ1) is 46.5. The van der Waals surface area contributed by atoms with Gasteiger partial charge < -0.3 is 27.5 Å². The minimum Gasteiger partial charge on any atom is -0.410 e. The van der Waals surface area contributed by atoms with Crippen molar-refractivity contribution in [3.05, 3.63) is 73.3 Å². The Kier molecular flexibility index (Phi) is 17.3. The molecule has 9 heteroatoms. The molecule has 2 aromatic carbocycles. The second-order valence-corrected chi connectivity index (χ2v) is 32.7. The number of hydrogen-bond acceptors (Lipinski definition) is 6. The van der Waals surface area contributed by atoms with Gasteiger partial charge in [0.05, 0.1) is 12.2 Å².